The summed E-state index contributed by atoms with van der Waals surface area (Å²) in [5.41, 5.74) is 3.24. The first-order chi connectivity index (χ1) is 13.8. The van der Waals surface area contributed by atoms with Crippen LogP contribution in [0, 0.1) is 0 Å². The number of nitrogens with zero attached hydrogens (tertiary/aromatic N) is 1. The molecule has 6 rings (SSSR count). The highest BCUT2D eigenvalue weighted by molar-refractivity contribution is 5.95. The Morgan fingerprint density at radius 2 is 1.57 bits per heavy atom. The molecule has 0 saturated carbocycles. The van der Waals surface area contributed by atoms with Crippen LogP contribution in [0.1, 0.15) is 22.7 Å². The van der Waals surface area contributed by atoms with E-state index in [1.165, 1.54) is 10.8 Å². The number of phenols is 1. The van der Waals surface area contributed by atoms with Crippen LogP contribution in [0.4, 0.5) is 0 Å². The van der Waals surface area contributed by atoms with E-state index in [4.69, 9.17) is 4.74 Å². The molecule has 1 atom stereocenters. The van der Waals surface area contributed by atoms with Crippen LogP contribution in [0.25, 0.3) is 21.5 Å². The predicted molar refractivity (Wildman–Crippen MR) is 109 cm³/mol. The maximum atomic E-state index is 9.94. The Hall–Kier alpha value is -3.79. The summed E-state index contributed by atoms with van der Waals surface area (Å²) in [5.74, 6) is 1.92. The molecule has 1 aromatic heterocycles. The first-order valence-electron chi connectivity index (χ1n) is 9.23. The largest absolute Gasteiger partial charge is 0.508 e. The van der Waals surface area contributed by atoms with Gasteiger partial charge >= 0.3 is 0 Å². The Morgan fingerprint density at radius 3 is 2.36 bits per heavy atom. The fourth-order valence-corrected chi connectivity index (χ4v) is 4.37. The van der Waals surface area contributed by atoms with E-state index in [0.717, 1.165) is 39.1 Å². The van der Waals surface area contributed by atoms with Gasteiger partial charge in [-0.15, -0.1) is 0 Å². The van der Waals surface area contributed by atoms with Gasteiger partial charge in [-0.25, -0.2) is 4.98 Å². The Morgan fingerprint density at radius 1 is 0.821 bits per heavy atom. The zero-order valence-electron chi connectivity index (χ0n) is 14.9. The second-order valence-electron chi connectivity index (χ2n) is 7.12. The highest BCUT2D eigenvalue weighted by atomic mass is 16.5. The highest BCUT2D eigenvalue weighted by Gasteiger charge is 2.32. The van der Waals surface area contributed by atoms with Gasteiger partial charge in [-0.2, -0.15) is 0 Å². The number of ether oxygens (including phenoxy) is 1. The lowest BCUT2D eigenvalue weighted by atomic mass is 9.81. The lowest BCUT2D eigenvalue weighted by Crippen LogP contribution is -2.13. The number of aromatic nitrogens is 2. The van der Waals surface area contributed by atoms with Crippen LogP contribution in [-0.4, -0.2) is 15.1 Å². The zero-order valence-corrected chi connectivity index (χ0v) is 14.9. The monoisotopic (exact) mass is 364 g/mol. The molecule has 1 aliphatic heterocycles. The van der Waals surface area contributed by atoms with Gasteiger partial charge in [-0.05, 0) is 45.8 Å². The minimum absolute atomic E-state index is 0.0411. The van der Waals surface area contributed by atoms with Gasteiger partial charge in [0.15, 0.2) is 0 Å². The number of rotatable bonds is 1. The number of hydrogen-bond donors (Lipinski definition) is 2. The standard InChI is InChI=1S/C24H16N2O2/c27-16-7-8-18-15(11-16)6-10-21-23(18)24(19-12-25-13-26-19)22-17-4-2-1-3-14(17)5-9-20(22)28-21/h1-13,24,27H,(H,25,26). The molecule has 2 heterocycles. The summed E-state index contributed by atoms with van der Waals surface area (Å²) < 4.78 is 6.36. The quantitative estimate of drug-likeness (QED) is 0.393. The third-order valence-corrected chi connectivity index (χ3v) is 5.56. The van der Waals surface area contributed by atoms with Gasteiger partial charge in [0.25, 0.3) is 0 Å². The van der Waals surface area contributed by atoms with E-state index in [0.29, 0.717) is 0 Å². The first-order valence-corrected chi connectivity index (χ1v) is 9.23. The second kappa shape index (κ2) is 5.60. The second-order valence-corrected chi connectivity index (χ2v) is 7.12. The Labute approximate surface area is 161 Å². The number of H-pyrrole nitrogens is 1. The fraction of sp³-hybridized carbons (Fsp3) is 0.0417. The van der Waals surface area contributed by atoms with Crippen molar-refractivity contribution in [3.05, 3.63) is 96.1 Å². The molecule has 0 spiro atoms. The van der Waals surface area contributed by atoms with Gasteiger partial charge in [-0.3, -0.25) is 0 Å². The van der Waals surface area contributed by atoms with E-state index < -0.39 is 0 Å². The van der Waals surface area contributed by atoms with Crippen molar-refractivity contribution in [1.82, 2.24) is 9.97 Å². The predicted octanol–water partition coefficient (Wildman–Crippen LogP) is 5.71. The van der Waals surface area contributed by atoms with Crippen molar-refractivity contribution < 1.29 is 9.84 Å². The topological polar surface area (TPSA) is 58.1 Å². The van der Waals surface area contributed by atoms with Gasteiger partial charge in [-0.1, -0.05) is 42.5 Å². The van der Waals surface area contributed by atoms with E-state index in [1.54, 1.807) is 18.5 Å². The summed E-state index contributed by atoms with van der Waals surface area (Å²) >= 11 is 0. The maximum absolute atomic E-state index is 9.94. The van der Waals surface area contributed by atoms with Gasteiger partial charge in [0.2, 0.25) is 0 Å². The van der Waals surface area contributed by atoms with Gasteiger partial charge in [0.05, 0.1) is 12.2 Å². The summed E-state index contributed by atoms with van der Waals surface area (Å²) in [6, 6.07) is 22.0. The van der Waals surface area contributed by atoms with E-state index >= 15 is 0 Å². The van der Waals surface area contributed by atoms with Crippen LogP contribution in [-0.2, 0) is 0 Å². The van der Waals surface area contributed by atoms with Crippen LogP contribution >= 0.6 is 0 Å². The normalized spacial score (nSPS) is 15.2. The van der Waals surface area contributed by atoms with Crippen molar-refractivity contribution in [2.75, 3.05) is 0 Å². The van der Waals surface area contributed by atoms with Crippen molar-refractivity contribution >= 4 is 21.5 Å². The lowest BCUT2D eigenvalue weighted by Gasteiger charge is -2.30. The molecule has 5 aromatic rings. The Balaban J connectivity index is 1.75. The summed E-state index contributed by atoms with van der Waals surface area (Å²) in [6.45, 7) is 0. The third kappa shape index (κ3) is 2.09. The highest BCUT2D eigenvalue weighted by Crippen LogP contribution is 2.51. The Bertz CT molecular complexity index is 1360. The summed E-state index contributed by atoms with van der Waals surface area (Å²) in [6.07, 6.45) is 3.59. The smallest absolute Gasteiger partial charge is 0.132 e. The van der Waals surface area contributed by atoms with Crippen molar-refractivity contribution in [3.63, 3.8) is 0 Å². The molecule has 0 aliphatic carbocycles. The molecule has 4 heteroatoms. The van der Waals surface area contributed by atoms with Gasteiger partial charge in [0, 0.05) is 23.0 Å². The average molecular weight is 364 g/mol. The van der Waals surface area contributed by atoms with Gasteiger partial charge < -0.3 is 14.8 Å². The number of fused-ring (bicyclic) bond motifs is 6. The van der Waals surface area contributed by atoms with E-state index in [1.807, 2.05) is 30.5 Å². The number of hydrogen-bond acceptors (Lipinski definition) is 3. The van der Waals surface area contributed by atoms with Crippen LogP contribution in [0.2, 0.25) is 0 Å². The van der Waals surface area contributed by atoms with Crippen molar-refractivity contribution in [2.45, 2.75) is 5.92 Å². The first kappa shape index (κ1) is 15.3. The van der Waals surface area contributed by atoms with Crippen LogP contribution in [0.15, 0.2) is 79.3 Å². The number of aromatic hydroxyl groups is 1. The minimum atomic E-state index is -0.0411. The minimum Gasteiger partial charge on any atom is -0.508 e. The SMILES string of the molecule is Oc1ccc2c3c(ccc2c1)Oc1ccc2ccccc2c1C3c1cnc[nH]1. The molecule has 0 bridgehead atoms. The number of benzene rings is 4. The number of imidazole rings is 1. The summed E-state index contributed by atoms with van der Waals surface area (Å²) in [5, 5.41) is 14.3. The maximum Gasteiger partial charge on any atom is 0.132 e. The van der Waals surface area contributed by atoms with Crippen LogP contribution in [0.3, 0.4) is 0 Å². The van der Waals surface area contributed by atoms with E-state index in [-0.39, 0.29) is 11.7 Å². The molecule has 0 amide bonds. The third-order valence-electron chi connectivity index (χ3n) is 5.56. The molecule has 134 valence electrons. The number of nitrogens with one attached hydrogen (secondary N) is 1. The van der Waals surface area contributed by atoms with Gasteiger partial charge in [0.1, 0.15) is 17.2 Å². The molecule has 1 unspecified atom stereocenters. The van der Waals surface area contributed by atoms with Crippen LogP contribution in [0.5, 0.6) is 17.2 Å². The number of aromatic amines is 1. The summed E-state index contributed by atoms with van der Waals surface area (Å²) in [4.78, 5) is 7.59. The fourth-order valence-electron chi connectivity index (χ4n) is 4.37. The molecule has 2 N–H and O–H groups in total. The Kier molecular flexibility index (Phi) is 3.06. The van der Waals surface area contributed by atoms with E-state index in [9.17, 15) is 5.11 Å². The summed E-state index contributed by atoms with van der Waals surface area (Å²) in [7, 11) is 0. The molecule has 0 saturated heterocycles. The molecule has 4 nitrogen and oxygen atoms in total. The lowest BCUT2D eigenvalue weighted by molar-refractivity contribution is 0.455. The molecule has 1 aliphatic rings. The van der Waals surface area contributed by atoms with Crippen molar-refractivity contribution in [3.8, 4) is 17.2 Å². The molecule has 4 aromatic carbocycles. The molecule has 0 radical (unpaired) electrons. The molecular formula is C24H16N2O2. The van der Waals surface area contributed by atoms with Crippen LogP contribution < -0.4 is 4.74 Å². The number of phenolic OH excluding ortho intramolecular Hbond substituents is 1. The molecular weight excluding hydrogens is 348 g/mol. The van der Waals surface area contributed by atoms with E-state index in [2.05, 4.69) is 40.3 Å². The van der Waals surface area contributed by atoms with Crippen molar-refractivity contribution in [2.24, 2.45) is 0 Å². The average Bonchev–Trinajstić information content (AvgIpc) is 3.26. The molecule has 0 fully saturated rings. The van der Waals surface area contributed by atoms with Crippen molar-refractivity contribution in [1.29, 1.82) is 0 Å². The molecule has 28 heavy (non-hydrogen) atoms. The zero-order chi connectivity index (χ0) is 18.7.